The number of hydrogen-bond donors (Lipinski definition) is 1. The molecule has 0 unspecified atom stereocenters. The first-order chi connectivity index (χ1) is 9.42. The van der Waals surface area contributed by atoms with Gasteiger partial charge in [0.15, 0.2) is 0 Å². The van der Waals surface area contributed by atoms with Crippen molar-refractivity contribution in [2.45, 2.75) is 11.8 Å². The van der Waals surface area contributed by atoms with Crippen molar-refractivity contribution in [3.63, 3.8) is 0 Å². The predicted molar refractivity (Wildman–Crippen MR) is 76.1 cm³/mol. The van der Waals surface area contributed by atoms with Gasteiger partial charge in [0.2, 0.25) is 10.0 Å². The number of rotatable bonds is 7. The fourth-order valence-electron chi connectivity index (χ4n) is 1.59. The van der Waals surface area contributed by atoms with E-state index >= 15 is 0 Å². The van der Waals surface area contributed by atoms with Crippen LogP contribution < -0.4 is 4.72 Å². The first-order valence-electron chi connectivity index (χ1n) is 6.28. The van der Waals surface area contributed by atoms with Gasteiger partial charge in [-0.1, -0.05) is 19.1 Å². The van der Waals surface area contributed by atoms with E-state index in [2.05, 4.69) is 9.46 Å². The van der Waals surface area contributed by atoms with Crippen molar-refractivity contribution in [2.75, 3.05) is 33.8 Å². The monoisotopic (exact) mass is 300 g/mol. The van der Waals surface area contributed by atoms with Crippen LogP contribution in [0.1, 0.15) is 17.3 Å². The summed E-state index contributed by atoms with van der Waals surface area (Å²) in [4.78, 5) is 13.5. The summed E-state index contributed by atoms with van der Waals surface area (Å²) in [5.41, 5.74) is 0.0337. The summed E-state index contributed by atoms with van der Waals surface area (Å²) >= 11 is 0. The first kappa shape index (κ1) is 16.6. The van der Waals surface area contributed by atoms with E-state index in [0.717, 1.165) is 6.54 Å². The molecular formula is C13H20N2O4S. The number of ether oxygens (including phenoxy) is 1. The summed E-state index contributed by atoms with van der Waals surface area (Å²) < 4.78 is 31.5. The highest BCUT2D eigenvalue weighted by Crippen LogP contribution is 2.15. The smallest absolute Gasteiger partial charge is 0.339 e. The fourth-order valence-corrected chi connectivity index (χ4v) is 2.80. The molecule has 0 radical (unpaired) electrons. The van der Waals surface area contributed by atoms with Crippen LogP contribution in [0.3, 0.4) is 0 Å². The number of nitrogens with zero attached hydrogens (tertiary/aromatic N) is 1. The zero-order chi connectivity index (χ0) is 15.2. The van der Waals surface area contributed by atoms with Crippen molar-refractivity contribution in [3.05, 3.63) is 29.8 Å². The normalized spacial score (nSPS) is 11.6. The highest BCUT2D eigenvalue weighted by molar-refractivity contribution is 7.89. The summed E-state index contributed by atoms with van der Waals surface area (Å²) in [5, 5.41) is 0. The van der Waals surface area contributed by atoms with Crippen LogP contribution in [0.2, 0.25) is 0 Å². The van der Waals surface area contributed by atoms with Gasteiger partial charge in [0.25, 0.3) is 0 Å². The number of carbonyl (C=O) groups is 1. The van der Waals surface area contributed by atoms with Gasteiger partial charge in [-0.15, -0.1) is 0 Å². The van der Waals surface area contributed by atoms with E-state index in [1.165, 1.54) is 19.2 Å². The van der Waals surface area contributed by atoms with Crippen molar-refractivity contribution >= 4 is 16.0 Å². The van der Waals surface area contributed by atoms with E-state index in [4.69, 9.17) is 0 Å². The maximum Gasteiger partial charge on any atom is 0.339 e. The molecule has 0 bridgehead atoms. The molecule has 0 amide bonds. The highest BCUT2D eigenvalue weighted by atomic mass is 32.2. The molecule has 0 aromatic heterocycles. The van der Waals surface area contributed by atoms with Gasteiger partial charge in [0.05, 0.1) is 17.6 Å². The second kappa shape index (κ2) is 7.37. The number of hydrogen-bond acceptors (Lipinski definition) is 5. The summed E-state index contributed by atoms with van der Waals surface area (Å²) in [7, 11) is -0.610. The minimum atomic E-state index is -3.73. The molecule has 0 aliphatic carbocycles. The van der Waals surface area contributed by atoms with Gasteiger partial charge in [0.1, 0.15) is 0 Å². The first-order valence-corrected chi connectivity index (χ1v) is 7.76. The molecule has 7 heteroatoms. The maximum atomic E-state index is 12.2. The SMILES string of the molecule is CCN(C)CCNS(=O)(=O)c1ccccc1C(=O)OC. The Kier molecular flexibility index (Phi) is 6.12. The Balaban J connectivity index is 2.90. The number of nitrogens with one attached hydrogen (secondary N) is 1. The Bertz CT molecular complexity index is 557. The van der Waals surface area contributed by atoms with Crippen LogP contribution in [0.15, 0.2) is 29.2 Å². The molecule has 0 spiro atoms. The van der Waals surface area contributed by atoms with Gasteiger partial charge < -0.3 is 9.64 Å². The Morgan fingerprint density at radius 1 is 1.35 bits per heavy atom. The predicted octanol–water partition coefficient (Wildman–Crippen LogP) is 0.703. The number of benzene rings is 1. The molecule has 1 aromatic rings. The lowest BCUT2D eigenvalue weighted by Gasteiger charge is -2.15. The third-order valence-corrected chi connectivity index (χ3v) is 4.43. The lowest BCUT2D eigenvalue weighted by atomic mass is 10.2. The average Bonchev–Trinajstić information content (AvgIpc) is 2.46. The zero-order valence-electron chi connectivity index (χ0n) is 11.9. The Morgan fingerprint density at radius 3 is 2.60 bits per heavy atom. The molecule has 1 N–H and O–H groups in total. The molecule has 0 aliphatic heterocycles. The van der Waals surface area contributed by atoms with Crippen molar-refractivity contribution in [1.82, 2.24) is 9.62 Å². The third-order valence-electron chi connectivity index (χ3n) is 2.91. The second-order valence-electron chi connectivity index (χ2n) is 4.28. The molecule has 0 atom stereocenters. The molecule has 0 heterocycles. The molecule has 1 aromatic carbocycles. The van der Waals surface area contributed by atoms with Gasteiger partial charge in [-0.3, -0.25) is 0 Å². The van der Waals surface area contributed by atoms with E-state index in [1.54, 1.807) is 12.1 Å². The number of methoxy groups -OCH3 is 1. The van der Waals surface area contributed by atoms with Gasteiger partial charge >= 0.3 is 5.97 Å². The summed E-state index contributed by atoms with van der Waals surface area (Å²) in [5.74, 6) is -0.670. The maximum absolute atomic E-state index is 12.2. The van der Waals surface area contributed by atoms with Crippen LogP contribution in [-0.4, -0.2) is 53.1 Å². The van der Waals surface area contributed by atoms with E-state index in [9.17, 15) is 13.2 Å². The third kappa shape index (κ3) is 4.29. The molecule has 1 rings (SSSR count). The quantitative estimate of drug-likeness (QED) is 0.750. The summed E-state index contributed by atoms with van der Waals surface area (Å²) in [6.07, 6.45) is 0. The molecule has 6 nitrogen and oxygen atoms in total. The molecule has 0 saturated carbocycles. The minimum absolute atomic E-state index is 0.0337. The number of likely N-dealkylation sites (N-methyl/N-ethyl adjacent to an activating group) is 1. The summed E-state index contributed by atoms with van der Waals surface area (Å²) in [6, 6.07) is 5.98. The molecule has 0 aliphatic rings. The van der Waals surface area contributed by atoms with Crippen LogP contribution >= 0.6 is 0 Å². The van der Waals surface area contributed by atoms with E-state index in [1.807, 2.05) is 18.9 Å². The number of sulfonamides is 1. The topological polar surface area (TPSA) is 75.7 Å². The molecule has 112 valence electrons. The van der Waals surface area contributed by atoms with Gasteiger partial charge in [-0.25, -0.2) is 17.9 Å². The van der Waals surface area contributed by atoms with E-state index in [0.29, 0.717) is 6.54 Å². The van der Waals surface area contributed by atoms with E-state index in [-0.39, 0.29) is 17.0 Å². The van der Waals surface area contributed by atoms with Crippen LogP contribution in [0.4, 0.5) is 0 Å². The van der Waals surface area contributed by atoms with Gasteiger partial charge in [0, 0.05) is 13.1 Å². The van der Waals surface area contributed by atoms with Crippen molar-refractivity contribution in [3.8, 4) is 0 Å². The Morgan fingerprint density at radius 2 is 2.00 bits per heavy atom. The lowest BCUT2D eigenvalue weighted by Crippen LogP contribution is -2.33. The van der Waals surface area contributed by atoms with Gasteiger partial charge in [-0.05, 0) is 25.7 Å². The lowest BCUT2D eigenvalue weighted by molar-refractivity contribution is 0.0596. The molecule has 0 fully saturated rings. The number of esters is 1. The second-order valence-corrected chi connectivity index (χ2v) is 6.02. The highest BCUT2D eigenvalue weighted by Gasteiger charge is 2.22. The minimum Gasteiger partial charge on any atom is -0.465 e. The standard InChI is InChI=1S/C13H20N2O4S/c1-4-15(2)10-9-14-20(17,18)12-8-6-5-7-11(12)13(16)19-3/h5-8,14H,4,9-10H2,1-3H3. The summed E-state index contributed by atoms with van der Waals surface area (Å²) in [6.45, 7) is 3.69. The van der Waals surface area contributed by atoms with Crippen LogP contribution in [0, 0.1) is 0 Å². The van der Waals surface area contributed by atoms with Crippen molar-refractivity contribution in [1.29, 1.82) is 0 Å². The molecule has 20 heavy (non-hydrogen) atoms. The van der Waals surface area contributed by atoms with Crippen LogP contribution in [-0.2, 0) is 14.8 Å². The Hall–Kier alpha value is -1.44. The molecule has 0 saturated heterocycles. The zero-order valence-corrected chi connectivity index (χ0v) is 12.7. The van der Waals surface area contributed by atoms with Crippen molar-refractivity contribution in [2.24, 2.45) is 0 Å². The Labute approximate surface area is 119 Å². The average molecular weight is 300 g/mol. The van der Waals surface area contributed by atoms with Crippen LogP contribution in [0.25, 0.3) is 0 Å². The van der Waals surface area contributed by atoms with E-state index < -0.39 is 16.0 Å². The van der Waals surface area contributed by atoms with Gasteiger partial charge in [-0.2, -0.15) is 0 Å². The van der Waals surface area contributed by atoms with Crippen molar-refractivity contribution < 1.29 is 17.9 Å². The molecular weight excluding hydrogens is 280 g/mol. The largest absolute Gasteiger partial charge is 0.465 e. The van der Waals surface area contributed by atoms with Crippen LogP contribution in [0.5, 0.6) is 0 Å². The number of carbonyl (C=O) groups excluding carboxylic acids is 1. The fraction of sp³-hybridized carbons (Fsp3) is 0.462.